The van der Waals surface area contributed by atoms with Gasteiger partial charge in [0.25, 0.3) is 0 Å². The summed E-state index contributed by atoms with van der Waals surface area (Å²) >= 11 is 1.43. The minimum atomic E-state index is -0.131. The number of rotatable bonds is 6. The van der Waals surface area contributed by atoms with Crippen LogP contribution in [0.25, 0.3) is 21.5 Å². The standard InChI is InChI=1S/C19H21N5O3S/c1-13(25)21-19-23-16-3-2-14(12-17(16)28-19)15-4-5-20-18(22-15)27-11-8-24-6-9-26-10-7-24/h2-5,12H,6-11H2,1H3,(H,21,23,25). The van der Waals surface area contributed by atoms with Crippen molar-refractivity contribution < 1.29 is 14.3 Å². The van der Waals surface area contributed by atoms with Gasteiger partial charge in [-0.2, -0.15) is 4.98 Å². The molecule has 1 aliphatic rings. The first-order valence-corrected chi connectivity index (χ1v) is 9.93. The van der Waals surface area contributed by atoms with Gasteiger partial charge in [-0.3, -0.25) is 9.69 Å². The van der Waals surface area contributed by atoms with E-state index in [4.69, 9.17) is 9.47 Å². The van der Waals surface area contributed by atoms with Crippen LogP contribution < -0.4 is 10.1 Å². The summed E-state index contributed by atoms with van der Waals surface area (Å²) in [5, 5.41) is 3.32. The Hall–Kier alpha value is -2.62. The third-order valence-electron chi connectivity index (χ3n) is 4.34. The summed E-state index contributed by atoms with van der Waals surface area (Å²) in [6.07, 6.45) is 1.70. The largest absolute Gasteiger partial charge is 0.462 e. The fourth-order valence-corrected chi connectivity index (χ4v) is 3.90. The molecule has 3 heterocycles. The highest BCUT2D eigenvalue weighted by Crippen LogP contribution is 2.30. The SMILES string of the molecule is CC(=O)Nc1nc2ccc(-c3ccnc(OCCN4CCOCC4)n3)cc2s1. The van der Waals surface area contributed by atoms with Crippen molar-refractivity contribution in [3.63, 3.8) is 0 Å². The maximum atomic E-state index is 11.2. The second-order valence-corrected chi connectivity index (χ2v) is 7.44. The number of morpholine rings is 1. The Kier molecular flexibility index (Phi) is 5.75. The molecule has 2 aromatic heterocycles. The molecule has 4 rings (SSSR count). The van der Waals surface area contributed by atoms with Crippen LogP contribution in [0.15, 0.2) is 30.5 Å². The Balaban J connectivity index is 1.44. The molecule has 9 heteroatoms. The van der Waals surface area contributed by atoms with Gasteiger partial charge in [-0.05, 0) is 18.2 Å². The van der Waals surface area contributed by atoms with Crippen molar-refractivity contribution in [3.05, 3.63) is 30.5 Å². The number of nitrogens with zero attached hydrogens (tertiary/aromatic N) is 4. The van der Waals surface area contributed by atoms with Crippen LogP contribution in [0.3, 0.4) is 0 Å². The van der Waals surface area contributed by atoms with Gasteiger partial charge in [0, 0.05) is 38.3 Å². The van der Waals surface area contributed by atoms with E-state index in [0.29, 0.717) is 17.7 Å². The van der Waals surface area contributed by atoms with E-state index in [1.54, 1.807) is 6.20 Å². The minimum Gasteiger partial charge on any atom is -0.462 e. The molecule has 1 aliphatic heterocycles. The molecule has 1 amide bonds. The maximum Gasteiger partial charge on any atom is 0.316 e. The normalized spacial score (nSPS) is 14.9. The number of hydrogen-bond acceptors (Lipinski definition) is 8. The van der Waals surface area contributed by atoms with Gasteiger partial charge in [-0.25, -0.2) is 9.97 Å². The summed E-state index contributed by atoms with van der Waals surface area (Å²) in [6.45, 7) is 6.25. The zero-order chi connectivity index (χ0) is 19.3. The molecule has 146 valence electrons. The van der Waals surface area contributed by atoms with Crippen LogP contribution in [-0.2, 0) is 9.53 Å². The number of hydrogen-bond donors (Lipinski definition) is 1. The zero-order valence-electron chi connectivity index (χ0n) is 15.6. The first-order valence-electron chi connectivity index (χ1n) is 9.12. The molecule has 0 radical (unpaired) electrons. The number of ether oxygens (including phenoxy) is 2. The molecule has 1 saturated heterocycles. The minimum absolute atomic E-state index is 0.131. The fraction of sp³-hybridized carbons (Fsp3) is 0.368. The molecule has 8 nitrogen and oxygen atoms in total. The molecular weight excluding hydrogens is 378 g/mol. The lowest BCUT2D eigenvalue weighted by Gasteiger charge is -2.26. The number of benzene rings is 1. The Labute approximate surface area is 166 Å². The van der Waals surface area contributed by atoms with Gasteiger partial charge in [0.2, 0.25) is 5.91 Å². The molecule has 0 aliphatic carbocycles. The van der Waals surface area contributed by atoms with E-state index >= 15 is 0 Å². The van der Waals surface area contributed by atoms with E-state index in [0.717, 1.165) is 54.3 Å². The van der Waals surface area contributed by atoms with Crippen molar-refractivity contribution in [2.24, 2.45) is 0 Å². The maximum absolute atomic E-state index is 11.2. The molecule has 0 saturated carbocycles. The van der Waals surface area contributed by atoms with Gasteiger partial charge in [0.15, 0.2) is 5.13 Å². The number of carbonyl (C=O) groups excluding carboxylic acids is 1. The van der Waals surface area contributed by atoms with Gasteiger partial charge in [0.1, 0.15) is 6.61 Å². The van der Waals surface area contributed by atoms with E-state index in [-0.39, 0.29) is 5.91 Å². The zero-order valence-corrected chi connectivity index (χ0v) is 16.4. The van der Waals surface area contributed by atoms with Crippen LogP contribution in [0, 0.1) is 0 Å². The van der Waals surface area contributed by atoms with Crippen LogP contribution in [0.4, 0.5) is 5.13 Å². The fourth-order valence-electron chi connectivity index (χ4n) is 2.95. The molecule has 0 bridgehead atoms. The average Bonchev–Trinajstić information content (AvgIpc) is 3.09. The second-order valence-electron chi connectivity index (χ2n) is 6.41. The van der Waals surface area contributed by atoms with E-state index in [9.17, 15) is 4.79 Å². The van der Waals surface area contributed by atoms with Gasteiger partial charge in [-0.1, -0.05) is 17.4 Å². The van der Waals surface area contributed by atoms with Crippen LogP contribution in [0.1, 0.15) is 6.92 Å². The van der Waals surface area contributed by atoms with E-state index in [2.05, 4.69) is 25.2 Å². The highest BCUT2D eigenvalue weighted by Gasteiger charge is 2.11. The van der Waals surface area contributed by atoms with Gasteiger partial charge in [-0.15, -0.1) is 0 Å². The molecule has 1 N–H and O–H groups in total. The monoisotopic (exact) mass is 399 g/mol. The van der Waals surface area contributed by atoms with Crippen molar-refractivity contribution in [1.82, 2.24) is 19.9 Å². The van der Waals surface area contributed by atoms with E-state index in [1.165, 1.54) is 18.3 Å². The molecule has 0 spiro atoms. The molecular formula is C19H21N5O3S. The Morgan fingerprint density at radius 3 is 2.96 bits per heavy atom. The van der Waals surface area contributed by atoms with Gasteiger partial charge in [0.05, 0.1) is 29.1 Å². The summed E-state index contributed by atoms with van der Waals surface area (Å²) in [4.78, 5) is 26.7. The van der Waals surface area contributed by atoms with Crippen molar-refractivity contribution >= 4 is 32.6 Å². The lowest BCUT2D eigenvalue weighted by atomic mass is 10.1. The smallest absolute Gasteiger partial charge is 0.316 e. The highest BCUT2D eigenvalue weighted by molar-refractivity contribution is 7.22. The number of amides is 1. The second kappa shape index (κ2) is 8.59. The van der Waals surface area contributed by atoms with E-state index < -0.39 is 0 Å². The highest BCUT2D eigenvalue weighted by atomic mass is 32.1. The predicted molar refractivity (Wildman–Crippen MR) is 108 cm³/mol. The first-order chi connectivity index (χ1) is 13.7. The Morgan fingerprint density at radius 2 is 2.14 bits per heavy atom. The topological polar surface area (TPSA) is 89.5 Å². The number of thiazole rings is 1. The quantitative estimate of drug-likeness (QED) is 0.681. The third kappa shape index (κ3) is 4.61. The lowest BCUT2D eigenvalue weighted by molar-refractivity contribution is -0.114. The number of fused-ring (bicyclic) bond motifs is 1. The molecule has 1 fully saturated rings. The Bertz CT molecular complexity index is 971. The molecule has 28 heavy (non-hydrogen) atoms. The molecule has 3 aromatic rings. The van der Waals surface area contributed by atoms with Crippen molar-refractivity contribution in [1.29, 1.82) is 0 Å². The van der Waals surface area contributed by atoms with Crippen LogP contribution >= 0.6 is 11.3 Å². The van der Waals surface area contributed by atoms with Crippen molar-refractivity contribution in [2.45, 2.75) is 6.92 Å². The van der Waals surface area contributed by atoms with E-state index in [1.807, 2.05) is 24.3 Å². The number of anilines is 1. The summed E-state index contributed by atoms with van der Waals surface area (Å²) in [7, 11) is 0. The number of nitrogens with one attached hydrogen (secondary N) is 1. The lowest BCUT2D eigenvalue weighted by Crippen LogP contribution is -2.38. The summed E-state index contributed by atoms with van der Waals surface area (Å²) in [5.74, 6) is -0.131. The van der Waals surface area contributed by atoms with Crippen LogP contribution in [0.2, 0.25) is 0 Å². The predicted octanol–water partition coefficient (Wildman–Crippen LogP) is 2.42. The van der Waals surface area contributed by atoms with Gasteiger partial charge < -0.3 is 14.8 Å². The molecule has 0 unspecified atom stereocenters. The summed E-state index contributed by atoms with van der Waals surface area (Å²) < 4.78 is 12.1. The third-order valence-corrected chi connectivity index (χ3v) is 5.28. The summed E-state index contributed by atoms with van der Waals surface area (Å²) in [5.41, 5.74) is 2.58. The average molecular weight is 399 g/mol. The molecule has 0 atom stereocenters. The van der Waals surface area contributed by atoms with Gasteiger partial charge >= 0.3 is 6.01 Å². The number of carbonyl (C=O) groups is 1. The summed E-state index contributed by atoms with van der Waals surface area (Å²) in [6, 6.07) is 8.12. The molecule has 1 aromatic carbocycles. The number of aromatic nitrogens is 3. The Morgan fingerprint density at radius 1 is 1.29 bits per heavy atom. The van der Waals surface area contributed by atoms with Crippen molar-refractivity contribution in [3.8, 4) is 17.3 Å². The van der Waals surface area contributed by atoms with Crippen molar-refractivity contribution in [2.75, 3.05) is 44.8 Å². The van der Waals surface area contributed by atoms with Crippen LogP contribution in [0.5, 0.6) is 6.01 Å². The first kappa shape index (κ1) is 18.7. The van der Waals surface area contributed by atoms with Crippen LogP contribution in [-0.4, -0.2) is 65.2 Å².